The molecule has 0 radical (unpaired) electrons. The lowest BCUT2D eigenvalue weighted by Gasteiger charge is -2.39. The molecule has 1 aliphatic carbocycles. The third kappa shape index (κ3) is 11.1. The van der Waals surface area contributed by atoms with E-state index in [2.05, 4.69) is 106 Å². The van der Waals surface area contributed by atoms with Crippen LogP contribution in [0.5, 0.6) is 0 Å². The van der Waals surface area contributed by atoms with Crippen molar-refractivity contribution in [2.24, 2.45) is 4.99 Å². The number of fused-ring (bicyclic) bond motifs is 1. The van der Waals surface area contributed by atoms with Crippen molar-refractivity contribution >= 4 is 40.7 Å². The van der Waals surface area contributed by atoms with E-state index in [-0.39, 0.29) is 17.5 Å². The summed E-state index contributed by atoms with van der Waals surface area (Å²) >= 11 is 6.27. The molecule has 2 aromatic rings. The summed E-state index contributed by atoms with van der Waals surface area (Å²) in [4.78, 5) is 26.6. The van der Waals surface area contributed by atoms with E-state index in [0.717, 1.165) is 121 Å². The first-order valence-corrected chi connectivity index (χ1v) is 21.7. The number of halogens is 1. The Balaban J connectivity index is 0.927. The van der Waals surface area contributed by atoms with Gasteiger partial charge in [0.05, 0.1) is 23.0 Å². The number of hydrogen-bond donors (Lipinski definition) is 3. The highest BCUT2D eigenvalue weighted by Crippen LogP contribution is 2.46. The van der Waals surface area contributed by atoms with Crippen molar-refractivity contribution in [1.82, 2.24) is 25.3 Å². The lowest BCUT2D eigenvalue weighted by Crippen LogP contribution is -2.46. The van der Waals surface area contributed by atoms with Crippen molar-refractivity contribution in [3.8, 4) is 0 Å². The van der Waals surface area contributed by atoms with Crippen LogP contribution in [0.25, 0.3) is 5.57 Å². The van der Waals surface area contributed by atoms with Gasteiger partial charge < -0.3 is 30.7 Å². The molecule has 10 heteroatoms. The van der Waals surface area contributed by atoms with Crippen LogP contribution in [0.4, 0.5) is 5.69 Å². The van der Waals surface area contributed by atoms with Gasteiger partial charge in [0.1, 0.15) is 0 Å². The molecule has 1 saturated carbocycles. The van der Waals surface area contributed by atoms with E-state index < -0.39 is 0 Å². The van der Waals surface area contributed by atoms with Gasteiger partial charge in [-0.05, 0) is 87.6 Å². The molecular weight excluding hydrogens is 752 g/mol. The van der Waals surface area contributed by atoms with E-state index in [0.29, 0.717) is 17.9 Å². The van der Waals surface area contributed by atoms with Crippen molar-refractivity contribution < 1.29 is 4.79 Å². The Labute approximate surface area is 357 Å². The lowest BCUT2D eigenvalue weighted by molar-refractivity contribution is -0.120. The minimum Gasteiger partial charge on any atom is -0.390 e. The molecular formula is C49H63ClN8O. The molecule has 4 aliphatic rings. The Morgan fingerprint density at radius 1 is 1.02 bits per heavy atom. The fourth-order valence-electron chi connectivity index (χ4n) is 8.14. The number of hydrogen-bond acceptors (Lipinski definition) is 8. The molecule has 3 N–H and O–H groups in total. The van der Waals surface area contributed by atoms with Crippen LogP contribution in [0.15, 0.2) is 127 Å². The van der Waals surface area contributed by atoms with E-state index in [4.69, 9.17) is 22.0 Å². The molecule has 1 amide bonds. The van der Waals surface area contributed by atoms with Gasteiger partial charge in [-0.2, -0.15) is 0 Å². The molecule has 3 aliphatic heterocycles. The number of unbranched alkanes of at least 4 members (excludes halogenated alkanes) is 4. The second-order valence-corrected chi connectivity index (χ2v) is 16.8. The number of carbonyl (C=O) groups is 1. The van der Waals surface area contributed by atoms with Gasteiger partial charge in [-0.15, -0.1) is 6.58 Å². The summed E-state index contributed by atoms with van der Waals surface area (Å²) in [5.74, 6) is 0.0265. The van der Waals surface area contributed by atoms with Crippen LogP contribution in [-0.4, -0.2) is 97.0 Å². The van der Waals surface area contributed by atoms with E-state index in [1.807, 2.05) is 30.5 Å². The van der Waals surface area contributed by atoms with Crippen LogP contribution in [0.2, 0.25) is 5.02 Å². The van der Waals surface area contributed by atoms with E-state index in [9.17, 15) is 4.79 Å². The average molecular weight is 816 g/mol. The molecule has 3 heterocycles. The predicted molar refractivity (Wildman–Crippen MR) is 248 cm³/mol. The van der Waals surface area contributed by atoms with Gasteiger partial charge in [0.15, 0.2) is 0 Å². The second kappa shape index (κ2) is 20.2. The molecule has 2 fully saturated rings. The van der Waals surface area contributed by atoms with Crippen LogP contribution < -0.4 is 15.5 Å². The minimum absolute atomic E-state index is 0.00985. The van der Waals surface area contributed by atoms with Crippen molar-refractivity contribution in [3.63, 3.8) is 0 Å². The summed E-state index contributed by atoms with van der Waals surface area (Å²) in [6, 6.07) is 14.4. The molecule has 1 saturated heterocycles. The first-order chi connectivity index (χ1) is 28.5. The standard InChI is InChI=1S/C49H63ClN8O/c1-7-44(20-22-47(59)52-6)57-34-41(14-13-37(57)4)38(5)56-29-27-55(28-30-56)26-12-10-8-9-11-25-53-33-42(32-51)40-17-21-46-45(31-40)48(39-15-18-43(50)19-16-39)54-49(23-24-49)35-58(46)36(2)3/h7,13-19,21,31-34,44,51,53H,1-2,4-5,8-12,20,22-30,35H2,3,6H3,(H,52,59)/b42-33+,51-32?. The zero-order valence-electron chi connectivity index (χ0n) is 35.2. The Hall–Kier alpha value is -5.12. The molecule has 2 aromatic carbocycles. The smallest absolute Gasteiger partial charge is 0.219 e. The minimum atomic E-state index is -0.0965. The summed E-state index contributed by atoms with van der Waals surface area (Å²) in [6.07, 6.45) is 20.7. The molecule has 312 valence electrons. The number of benzene rings is 2. The summed E-state index contributed by atoms with van der Waals surface area (Å²) < 4.78 is 0. The maximum Gasteiger partial charge on any atom is 0.219 e. The fraction of sp³-hybridized carbons (Fsp3) is 0.408. The fourth-order valence-corrected chi connectivity index (χ4v) is 8.27. The monoisotopic (exact) mass is 814 g/mol. The number of allylic oxidation sites excluding steroid dienone is 4. The molecule has 1 atom stereocenters. The lowest BCUT2D eigenvalue weighted by atomic mass is 9.95. The maximum absolute atomic E-state index is 11.9. The topological polar surface area (TPSA) is 90.3 Å². The molecule has 0 bridgehead atoms. The number of nitrogens with one attached hydrogen (secondary N) is 3. The molecule has 6 rings (SSSR count). The van der Waals surface area contributed by atoms with Crippen LogP contribution in [0.3, 0.4) is 0 Å². The van der Waals surface area contributed by atoms with Gasteiger partial charge in [0.25, 0.3) is 0 Å². The largest absolute Gasteiger partial charge is 0.390 e. The van der Waals surface area contributed by atoms with Crippen molar-refractivity contribution in [2.75, 3.05) is 57.8 Å². The SMILES string of the molecule is C=CC(CCC(=O)NC)N1C=C(C(=C)N2CCN(CCCCCCCN/C=C(\C=N)c3ccc4c(c3)C(c3ccc(Cl)cc3)=NC3(CC3)CN4C(=C)C)CC2)C=CC1=C. The summed E-state index contributed by atoms with van der Waals surface area (Å²) in [5, 5.41) is 15.2. The number of nitrogens with zero attached hydrogens (tertiary/aromatic N) is 5. The second-order valence-electron chi connectivity index (χ2n) is 16.3. The molecule has 1 unspecified atom stereocenters. The third-order valence-corrected chi connectivity index (χ3v) is 12.3. The van der Waals surface area contributed by atoms with Crippen LogP contribution in [0.1, 0.15) is 81.4 Å². The van der Waals surface area contributed by atoms with Crippen LogP contribution >= 0.6 is 11.6 Å². The van der Waals surface area contributed by atoms with E-state index in [1.165, 1.54) is 31.9 Å². The Morgan fingerprint density at radius 2 is 1.75 bits per heavy atom. The molecule has 1 spiro atoms. The summed E-state index contributed by atoms with van der Waals surface area (Å²) in [6.45, 7) is 25.9. The number of carbonyl (C=O) groups excluding carboxylic acids is 1. The highest BCUT2D eigenvalue weighted by Gasteiger charge is 2.46. The Bertz CT molecular complexity index is 2010. The highest BCUT2D eigenvalue weighted by molar-refractivity contribution is 6.30. The summed E-state index contributed by atoms with van der Waals surface area (Å²) in [7, 11) is 1.67. The van der Waals surface area contributed by atoms with Crippen LogP contribution in [0, 0.1) is 5.41 Å². The average Bonchev–Trinajstić information content (AvgIpc) is 4.04. The predicted octanol–water partition coefficient (Wildman–Crippen LogP) is 9.08. The van der Waals surface area contributed by atoms with E-state index >= 15 is 0 Å². The Kier molecular flexibility index (Phi) is 14.9. The van der Waals surface area contributed by atoms with Crippen molar-refractivity contribution in [2.45, 2.75) is 76.3 Å². The van der Waals surface area contributed by atoms with Crippen molar-refractivity contribution in [1.29, 1.82) is 5.41 Å². The van der Waals surface area contributed by atoms with E-state index in [1.54, 1.807) is 7.05 Å². The van der Waals surface area contributed by atoms with Gasteiger partial charge >= 0.3 is 0 Å². The number of anilines is 1. The first-order valence-electron chi connectivity index (χ1n) is 21.3. The molecule has 59 heavy (non-hydrogen) atoms. The molecule has 9 nitrogen and oxygen atoms in total. The zero-order chi connectivity index (χ0) is 41.9. The van der Waals surface area contributed by atoms with Gasteiger partial charge in [0, 0.05) is 116 Å². The highest BCUT2D eigenvalue weighted by atomic mass is 35.5. The maximum atomic E-state index is 11.9. The quantitative estimate of drug-likeness (QED) is 0.0703. The van der Waals surface area contributed by atoms with Gasteiger partial charge in [-0.1, -0.05) is 74.9 Å². The zero-order valence-corrected chi connectivity index (χ0v) is 36.0. The summed E-state index contributed by atoms with van der Waals surface area (Å²) in [5.41, 5.74) is 9.91. The Morgan fingerprint density at radius 3 is 2.42 bits per heavy atom. The van der Waals surface area contributed by atoms with Gasteiger partial charge in [0.2, 0.25) is 5.91 Å². The third-order valence-electron chi connectivity index (χ3n) is 12.0. The van der Waals surface area contributed by atoms with Gasteiger partial charge in [-0.3, -0.25) is 14.7 Å². The van der Waals surface area contributed by atoms with Gasteiger partial charge in [-0.25, -0.2) is 0 Å². The van der Waals surface area contributed by atoms with Crippen molar-refractivity contribution in [3.05, 3.63) is 144 Å². The number of amides is 1. The normalized spacial score (nSPS) is 18.1. The number of piperazine rings is 1. The number of rotatable bonds is 20. The first kappa shape index (κ1) is 43.5. The molecule has 0 aromatic heterocycles. The van der Waals surface area contributed by atoms with Crippen LogP contribution in [-0.2, 0) is 4.79 Å². The number of aliphatic imine (C=N–C) groups is 1.